The number of urea groups is 1. The number of anilines is 1. The van der Waals surface area contributed by atoms with Crippen molar-refractivity contribution < 1.29 is 9.59 Å². The van der Waals surface area contributed by atoms with Gasteiger partial charge in [-0.3, -0.25) is 10.1 Å². The van der Waals surface area contributed by atoms with Crippen molar-refractivity contribution >= 4 is 28.9 Å². The number of amides is 3. The average molecular weight is 290 g/mol. The molecule has 0 aliphatic rings. The summed E-state index contributed by atoms with van der Waals surface area (Å²) < 4.78 is 0. The predicted molar refractivity (Wildman–Crippen MR) is 77.3 cm³/mol. The fourth-order valence-electron chi connectivity index (χ4n) is 1.51. The lowest BCUT2D eigenvalue weighted by Crippen LogP contribution is -2.28. The molecule has 3 N–H and O–H groups in total. The first-order chi connectivity index (χ1) is 9.78. The predicted octanol–water partition coefficient (Wildman–Crippen LogP) is 1.71. The number of hydrogen-bond donors (Lipinski definition) is 3. The third kappa shape index (κ3) is 4.36. The van der Waals surface area contributed by atoms with Crippen LogP contribution in [0.1, 0.15) is 11.3 Å². The van der Waals surface area contributed by atoms with Gasteiger partial charge in [-0.1, -0.05) is 30.3 Å². The smallest absolute Gasteiger partial charge is 0.321 e. The second kappa shape index (κ2) is 7.25. The van der Waals surface area contributed by atoms with Crippen molar-refractivity contribution in [3.63, 3.8) is 0 Å². The Hall–Kier alpha value is -2.41. The highest BCUT2D eigenvalue weighted by Crippen LogP contribution is 2.14. The summed E-state index contributed by atoms with van der Waals surface area (Å²) in [6.07, 6.45) is 0.610. The number of nitrogens with one attached hydrogen (secondary N) is 3. The van der Waals surface area contributed by atoms with E-state index in [0.717, 1.165) is 5.56 Å². The summed E-state index contributed by atoms with van der Waals surface area (Å²) in [6, 6.07) is 9.33. The summed E-state index contributed by atoms with van der Waals surface area (Å²) in [5.74, 6) is 0. The van der Waals surface area contributed by atoms with Crippen molar-refractivity contribution in [2.45, 2.75) is 13.1 Å². The molecule has 1 aromatic carbocycles. The number of benzene rings is 1. The van der Waals surface area contributed by atoms with E-state index in [2.05, 4.69) is 20.9 Å². The maximum absolute atomic E-state index is 11.7. The van der Waals surface area contributed by atoms with Crippen molar-refractivity contribution in [3.8, 4) is 0 Å². The molecule has 2 aromatic rings. The van der Waals surface area contributed by atoms with Crippen molar-refractivity contribution in [2.24, 2.45) is 0 Å². The van der Waals surface area contributed by atoms with Gasteiger partial charge < -0.3 is 10.6 Å². The van der Waals surface area contributed by atoms with Gasteiger partial charge in [-0.05, 0) is 5.56 Å². The first kappa shape index (κ1) is 14.0. The molecule has 0 bridgehead atoms. The van der Waals surface area contributed by atoms with Gasteiger partial charge in [0.05, 0.1) is 12.2 Å². The Morgan fingerprint density at radius 3 is 2.80 bits per heavy atom. The van der Waals surface area contributed by atoms with Gasteiger partial charge >= 0.3 is 6.03 Å². The number of thiazole rings is 1. The quantitative estimate of drug-likeness (QED) is 0.708. The van der Waals surface area contributed by atoms with E-state index in [1.165, 1.54) is 11.3 Å². The van der Waals surface area contributed by atoms with E-state index in [9.17, 15) is 9.59 Å². The topological polar surface area (TPSA) is 83.1 Å². The van der Waals surface area contributed by atoms with Gasteiger partial charge in [-0.15, -0.1) is 11.3 Å². The van der Waals surface area contributed by atoms with E-state index in [1.807, 2.05) is 30.3 Å². The summed E-state index contributed by atoms with van der Waals surface area (Å²) in [5.41, 5.74) is 1.73. The Labute approximate surface area is 120 Å². The lowest BCUT2D eigenvalue weighted by atomic mass is 10.2. The third-order valence-electron chi connectivity index (χ3n) is 2.43. The maximum Gasteiger partial charge on any atom is 0.321 e. The van der Waals surface area contributed by atoms with Crippen LogP contribution in [0.5, 0.6) is 0 Å². The summed E-state index contributed by atoms with van der Waals surface area (Å²) in [5, 5.41) is 10.2. The van der Waals surface area contributed by atoms with Gasteiger partial charge in [0.15, 0.2) is 5.13 Å². The number of aromatic nitrogens is 1. The molecule has 6 nitrogen and oxygen atoms in total. The number of carbonyl (C=O) groups excluding carboxylic acids is 2. The molecule has 0 fully saturated rings. The molecule has 104 valence electrons. The monoisotopic (exact) mass is 290 g/mol. The zero-order valence-electron chi connectivity index (χ0n) is 10.6. The van der Waals surface area contributed by atoms with E-state index in [4.69, 9.17) is 0 Å². The molecule has 0 aliphatic heterocycles. The van der Waals surface area contributed by atoms with Crippen molar-refractivity contribution in [3.05, 3.63) is 47.0 Å². The lowest BCUT2D eigenvalue weighted by molar-refractivity contribution is -0.109. The van der Waals surface area contributed by atoms with E-state index < -0.39 is 0 Å². The van der Waals surface area contributed by atoms with Gasteiger partial charge in [0.2, 0.25) is 6.41 Å². The highest BCUT2D eigenvalue weighted by atomic mass is 32.1. The van der Waals surface area contributed by atoms with E-state index in [1.54, 1.807) is 5.38 Å². The first-order valence-electron chi connectivity index (χ1n) is 5.98. The zero-order chi connectivity index (χ0) is 14.2. The Balaban J connectivity index is 1.79. The minimum absolute atomic E-state index is 0.307. The lowest BCUT2D eigenvalue weighted by Gasteiger charge is -2.05. The summed E-state index contributed by atoms with van der Waals surface area (Å²) in [6.45, 7) is 0.810. The molecule has 0 radical (unpaired) electrons. The van der Waals surface area contributed by atoms with Gasteiger partial charge in [0, 0.05) is 11.9 Å². The largest absolute Gasteiger partial charge is 0.353 e. The molecular weight excluding hydrogens is 276 g/mol. The van der Waals surface area contributed by atoms with Crippen molar-refractivity contribution in [2.75, 3.05) is 5.32 Å². The fourth-order valence-corrected chi connectivity index (χ4v) is 2.22. The van der Waals surface area contributed by atoms with E-state index in [-0.39, 0.29) is 6.03 Å². The van der Waals surface area contributed by atoms with Crippen LogP contribution in [0.25, 0.3) is 0 Å². The maximum atomic E-state index is 11.7. The van der Waals surface area contributed by atoms with Crippen LogP contribution in [0.4, 0.5) is 9.93 Å². The van der Waals surface area contributed by atoms with Crippen LogP contribution in [0, 0.1) is 0 Å². The molecule has 3 amide bonds. The minimum atomic E-state index is -0.307. The highest BCUT2D eigenvalue weighted by Gasteiger charge is 2.05. The molecule has 1 heterocycles. The summed E-state index contributed by atoms with van der Waals surface area (Å²) >= 11 is 1.31. The third-order valence-corrected chi connectivity index (χ3v) is 3.24. The second-order valence-corrected chi connectivity index (χ2v) is 4.79. The number of nitrogens with zero attached hydrogens (tertiary/aromatic N) is 1. The Kier molecular flexibility index (Phi) is 5.08. The number of carbonyl (C=O) groups is 2. The molecule has 0 saturated carbocycles. The van der Waals surface area contributed by atoms with Crippen LogP contribution < -0.4 is 16.0 Å². The molecule has 7 heteroatoms. The van der Waals surface area contributed by atoms with Gasteiger partial charge in [-0.25, -0.2) is 9.78 Å². The summed E-state index contributed by atoms with van der Waals surface area (Å²) in [7, 11) is 0. The van der Waals surface area contributed by atoms with Crippen LogP contribution >= 0.6 is 11.3 Å². The molecule has 0 aliphatic carbocycles. The summed E-state index contributed by atoms with van der Waals surface area (Å²) in [4.78, 5) is 26.0. The fraction of sp³-hybridized carbons (Fsp3) is 0.154. The zero-order valence-corrected chi connectivity index (χ0v) is 11.4. The van der Waals surface area contributed by atoms with Crippen LogP contribution in [0.15, 0.2) is 35.7 Å². The minimum Gasteiger partial charge on any atom is -0.353 e. The average Bonchev–Trinajstić information content (AvgIpc) is 2.91. The standard InChI is InChI=1S/C13H14N4O2S/c18-9-14-7-11-8-20-13(16-11)17-12(19)15-6-10-4-2-1-3-5-10/h1-5,8-9H,6-7H2,(H,14,18)(H2,15,16,17,19). The number of rotatable bonds is 6. The van der Waals surface area contributed by atoms with Crippen molar-refractivity contribution in [1.29, 1.82) is 0 Å². The van der Waals surface area contributed by atoms with Crippen molar-refractivity contribution in [1.82, 2.24) is 15.6 Å². The van der Waals surface area contributed by atoms with E-state index >= 15 is 0 Å². The van der Waals surface area contributed by atoms with Crippen LogP contribution in [-0.4, -0.2) is 17.4 Å². The Morgan fingerprint density at radius 1 is 1.25 bits per heavy atom. The molecule has 0 atom stereocenters. The molecule has 0 spiro atoms. The Bertz CT molecular complexity index is 571. The molecular formula is C13H14N4O2S. The normalized spacial score (nSPS) is 9.80. The Morgan fingerprint density at radius 2 is 2.05 bits per heavy atom. The first-order valence-corrected chi connectivity index (χ1v) is 6.86. The van der Waals surface area contributed by atoms with Gasteiger partial charge in [0.25, 0.3) is 0 Å². The van der Waals surface area contributed by atoms with Gasteiger partial charge in [-0.2, -0.15) is 0 Å². The molecule has 1 aromatic heterocycles. The van der Waals surface area contributed by atoms with Crippen LogP contribution in [0.2, 0.25) is 0 Å². The van der Waals surface area contributed by atoms with E-state index in [0.29, 0.717) is 30.3 Å². The second-order valence-electron chi connectivity index (χ2n) is 3.94. The van der Waals surface area contributed by atoms with Crippen LogP contribution in [0.3, 0.4) is 0 Å². The van der Waals surface area contributed by atoms with Gasteiger partial charge in [0.1, 0.15) is 0 Å². The highest BCUT2D eigenvalue weighted by molar-refractivity contribution is 7.13. The molecule has 0 unspecified atom stereocenters. The molecule has 20 heavy (non-hydrogen) atoms. The molecule has 2 rings (SSSR count). The molecule has 0 saturated heterocycles. The number of hydrogen-bond acceptors (Lipinski definition) is 4. The van der Waals surface area contributed by atoms with Crippen LogP contribution in [-0.2, 0) is 17.9 Å². The SMILES string of the molecule is O=CNCc1csc(NC(=O)NCc2ccccc2)n1.